The van der Waals surface area contributed by atoms with Crippen molar-refractivity contribution >= 4 is 35.0 Å². The summed E-state index contributed by atoms with van der Waals surface area (Å²) in [5.74, 6) is 1.22. The second kappa shape index (κ2) is 9.11. The summed E-state index contributed by atoms with van der Waals surface area (Å²) in [5.41, 5.74) is 1.18. The van der Waals surface area contributed by atoms with E-state index >= 15 is 0 Å². The highest BCUT2D eigenvalue weighted by Gasteiger charge is 2.20. The van der Waals surface area contributed by atoms with Gasteiger partial charge in [-0.3, -0.25) is 9.78 Å². The van der Waals surface area contributed by atoms with Gasteiger partial charge in [0.1, 0.15) is 0 Å². The maximum atomic E-state index is 12.4. The summed E-state index contributed by atoms with van der Waals surface area (Å²) in [4.78, 5) is 21.9. The second-order valence-corrected chi connectivity index (χ2v) is 7.58. The second-order valence-electron chi connectivity index (χ2n) is 5.98. The SMILES string of the molecule is O=C(CCCSc1ccc(Cl)cc1)N1CCN(c2ccncc2)CC1. The highest BCUT2D eigenvalue weighted by atomic mass is 35.5. The van der Waals surface area contributed by atoms with E-state index in [1.54, 1.807) is 11.8 Å². The van der Waals surface area contributed by atoms with Gasteiger partial charge in [0.2, 0.25) is 5.91 Å². The quantitative estimate of drug-likeness (QED) is 0.565. The molecule has 0 bridgehead atoms. The Labute approximate surface area is 158 Å². The monoisotopic (exact) mass is 375 g/mol. The van der Waals surface area contributed by atoms with Gasteiger partial charge in [0.05, 0.1) is 0 Å². The molecule has 1 fully saturated rings. The summed E-state index contributed by atoms with van der Waals surface area (Å²) in [7, 11) is 0. The van der Waals surface area contributed by atoms with Crippen molar-refractivity contribution in [1.82, 2.24) is 9.88 Å². The van der Waals surface area contributed by atoms with E-state index in [9.17, 15) is 4.79 Å². The lowest BCUT2D eigenvalue weighted by molar-refractivity contribution is -0.131. The molecule has 0 atom stereocenters. The fourth-order valence-electron chi connectivity index (χ4n) is 2.87. The molecule has 0 saturated carbocycles. The Morgan fingerprint density at radius 3 is 2.40 bits per heavy atom. The molecule has 25 heavy (non-hydrogen) atoms. The fraction of sp³-hybridized carbons (Fsp3) is 0.368. The molecular weight excluding hydrogens is 354 g/mol. The van der Waals surface area contributed by atoms with Gasteiger partial charge in [0.15, 0.2) is 0 Å². The van der Waals surface area contributed by atoms with Crippen LogP contribution in [0.15, 0.2) is 53.7 Å². The van der Waals surface area contributed by atoms with Crippen LogP contribution in [-0.4, -0.2) is 47.7 Å². The molecule has 2 aromatic rings. The third-order valence-electron chi connectivity index (χ3n) is 4.28. The summed E-state index contributed by atoms with van der Waals surface area (Å²) in [6, 6.07) is 11.9. The number of thioether (sulfide) groups is 1. The minimum atomic E-state index is 0.270. The van der Waals surface area contributed by atoms with Gasteiger partial charge in [0, 0.05) is 60.6 Å². The first-order valence-corrected chi connectivity index (χ1v) is 9.90. The van der Waals surface area contributed by atoms with Gasteiger partial charge in [-0.25, -0.2) is 0 Å². The van der Waals surface area contributed by atoms with Crippen molar-refractivity contribution in [2.75, 3.05) is 36.8 Å². The fourth-order valence-corrected chi connectivity index (χ4v) is 3.85. The van der Waals surface area contributed by atoms with Crippen molar-refractivity contribution in [3.63, 3.8) is 0 Å². The molecule has 0 aliphatic carbocycles. The van der Waals surface area contributed by atoms with Crippen molar-refractivity contribution < 1.29 is 4.79 Å². The van der Waals surface area contributed by atoms with E-state index in [2.05, 4.69) is 9.88 Å². The van der Waals surface area contributed by atoms with E-state index in [0.29, 0.717) is 6.42 Å². The average molecular weight is 376 g/mol. The molecule has 0 unspecified atom stereocenters. The van der Waals surface area contributed by atoms with Crippen LogP contribution in [0.2, 0.25) is 5.02 Å². The third-order valence-corrected chi connectivity index (χ3v) is 5.63. The van der Waals surface area contributed by atoms with Crippen LogP contribution in [0.1, 0.15) is 12.8 Å². The third kappa shape index (κ3) is 5.38. The summed E-state index contributed by atoms with van der Waals surface area (Å²) in [6.07, 6.45) is 5.14. The van der Waals surface area contributed by atoms with E-state index in [-0.39, 0.29) is 5.91 Å². The molecular formula is C19H22ClN3OS. The number of piperazine rings is 1. The van der Waals surface area contributed by atoms with Crippen LogP contribution in [0.3, 0.4) is 0 Å². The van der Waals surface area contributed by atoms with Crippen LogP contribution in [-0.2, 0) is 4.79 Å². The standard InChI is InChI=1S/C19H22ClN3OS/c20-16-3-5-18(6-4-16)25-15-1-2-19(24)23-13-11-22(12-14-23)17-7-9-21-10-8-17/h3-10H,1-2,11-15H2. The van der Waals surface area contributed by atoms with Crippen molar-refractivity contribution in [2.45, 2.75) is 17.7 Å². The predicted molar refractivity (Wildman–Crippen MR) is 104 cm³/mol. The van der Waals surface area contributed by atoms with Crippen molar-refractivity contribution in [3.8, 4) is 0 Å². The molecule has 4 nitrogen and oxygen atoms in total. The van der Waals surface area contributed by atoms with Gasteiger partial charge < -0.3 is 9.80 Å². The number of anilines is 1. The molecule has 0 radical (unpaired) electrons. The van der Waals surface area contributed by atoms with E-state index in [1.165, 1.54) is 10.6 Å². The van der Waals surface area contributed by atoms with E-state index in [1.807, 2.05) is 53.7 Å². The Morgan fingerprint density at radius 2 is 1.72 bits per heavy atom. The molecule has 132 valence electrons. The lowest BCUT2D eigenvalue weighted by atomic mass is 10.2. The van der Waals surface area contributed by atoms with Crippen LogP contribution in [0, 0.1) is 0 Å². The van der Waals surface area contributed by atoms with Crippen LogP contribution in [0.4, 0.5) is 5.69 Å². The number of carbonyl (C=O) groups is 1. The van der Waals surface area contributed by atoms with E-state index in [0.717, 1.165) is 43.4 Å². The highest BCUT2D eigenvalue weighted by molar-refractivity contribution is 7.99. The molecule has 3 rings (SSSR count). The lowest BCUT2D eigenvalue weighted by Gasteiger charge is -2.36. The molecule has 1 amide bonds. The Morgan fingerprint density at radius 1 is 1.04 bits per heavy atom. The van der Waals surface area contributed by atoms with Crippen LogP contribution in [0.25, 0.3) is 0 Å². The van der Waals surface area contributed by atoms with Gasteiger partial charge >= 0.3 is 0 Å². The van der Waals surface area contributed by atoms with E-state index < -0.39 is 0 Å². The molecule has 0 N–H and O–H groups in total. The zero-order valence-electron chi connectivity index (χ0n) is 14.1. The Hall–Kier alpha value is -1.72. The minimum absolute atomic E-state index is 0.270. The lowest BCUT2D eigenvalue weighted by Crippen LogP contribution is -2.48. The van der Waals surface area contributed by atoms with Gasteiger partial charge in [-0.05, 0) is 48.6 Å². The Kier molecular flexibility index (Phi) is 6.59. The molecule has 6 heteroatoms. The number of rotatable bonds is 6. The number of carbonyl (C=O) groups excluding carboxylic acids is 1. The first kappa shape index (κ1) is 18.1. The molecule has 2 heterocycles. The summed E-state index contributed by atoms with van der Waals surface area (Å²) >= 11 is 7.66. The largest absolute Gasteiger partial charge is 0.368 e. The zero-order valence-corrected chi connectivity index (χ0v) is 15.7. The highest BCUT2D eigenvalue weighted by Crippen LogP contribution is 2.22. The number of hydrogen-bond donors (Lipinski definition) is 0. The number of amides is 1. The average Bonchev–Trinajstić information content (AvgIpc) is 2.67. The normalized spacial score (nSPS) is 14.6. The zero-order chi connectivity index (χ0) is 17.5. The van der Waals surface area contributed by atoms with Crippen molar-refractivity contribution in [2.24, 2.45) is 0 Å². The first-order chi connectivity index (χ1) is 12.2. The van der Waals surface area contributed by atoms with Gasteiger partial charge in [-0.1, -0.05) is 11.6 Å². The van der Waals surface area contributed by atoms with Gasteiger partial charge in [-0.2, -0.15) is 0 Å². The van der Waals surface area contributed by atoms with Gasteiger partial charge in [-0.15, -0.1) is 11.8 Å². The maximum Gasteiger partial charge on any atom is 0.222 e. The molecule has 1 aliphatic rings. The minimum Gasteiger partial charge on any atom is -0.368 e. The summed E-state index contributed by atoms with van der Waals surface area (Å²) in [5, 5.41) is 0.755. The van der Waals surface area contributed by atoms with Crippen molar-refractivity contribution in [1.29, 1.82) is 0 Å². The number of nitrogens with zero attached hydrogens (tertiary/aromatic N) is 3. The summed E-state index contributed by atoms with van der Waals surface area (Å²) in [6.45, 7) is 3.36. The smallest absolute Gasteiger partial charge is 0.222 e. The van der Waals surface area contributed by atoms with E-state index in [4.69, 9.17) is 11.6 Å². The van der Waals surface area contributed by atoms with Gasteiger partial charge in [0.25, 0.3) is 0 Å². The Bertz CT molecular complexity index is 673. The number of benzene rings is 1. The van der Waals surface area contributed by atoms with Crippen LogP contribution in [0.5, 0.6) is 0 Å². The molecule has 1 aliphatic heterocycles. The number of aromatic nitrogens is 1. The first-order valence-electron chi connectivity index (χ1n) is 8.53. The molecule has 1 aromatic heterocycles. The maximum absolute atomic E-state index is 12.4. The molecule has 0 spiro atoms. The summed E-state index contributed by atoms with van der Waals surface area (Å²) < 4.78 is 0. The van der Waals surface area contributed by atoms with Crippen LogP contribution < -0.4 is 4.90 Å². The number of pyridine rings is 1. The number of hydrogen-bond acceptors (Lipinski definition) is 4. The number of halogens is 1. The molecule has 1 saturated heterocycles. The molecule has 1 aromatic carbocycles. The van der Waals surface area contributed by atoms with Crippen LogP contribution >= 0.6 is 23.4 Å². The van der Waals surface area contributed by atoms with Crippen molar-refractivity contribution in [3.05, 3.63) is 53.8 Å². The Balaban J connectivity index is 1.36. The topological polar surface area (TPSA) is 36.4 Å². The predicted octanol–water partition coefficient (Wildman–Crippen LogP) is 3.96.